The molecule has 10 aromatic rings. The van der Waals surface area contributed by atoms with Gasteiger partial charge in [-0.3, -0.25) is 0 Å². The van der Waals surface area contributed by atoms with E-state index in [9.17, 15) is 0 Å². The molecule has 2 aliphatic heterocycles. The van der Waals surface area contributed by atoms with Crippen LogP contribution in [0.4, 0.5) is 0 Å². The molecule has 67 heavy (non-hydrogen) atoms. The van der Waals surface area contributed by atoms with Gasteiger partial charge in [-0.15, -0.1) is 0 Å². The van der Waals surface area contributed by atoms with Gasteiger partial charge in [-0.2, -0.15) is 0 Å². The van der Waals surface area contributed by atoms with Crippen LogP contribution in [0, 0.1) is 0 Å². The molecule has 4 nitrogen and oxygen atoms in total. The lowest BCUT2D eigenvalue weighted by Crippen LogP contribution is -2.77. The van der Waals surface area contributed by atoms with Crippen molar-refractivity contribution in [1.82, 2.24) is 9.97 Å². The van der Waals surface area contributed by atoms with E-state index in [4.69, 9.17) is 19.4 Å². The Morgan fingerprint density at radius 3 is 1.30 bits per heavy atom. The van der Waals surface area contributed by atoms with Crippen LogP contribution in [-0.2, 0) is 5.41 Å². The summed E-state index contributed by atoms with van der Waals surface area (Å²) in [5.74, 6) is 4.02. The van der Waals surface area contributed by atoms with Crippen LogP contribution in [0.15, 0.2) is 225 Å². The summed E-state index contributed by atoms with van der Waals surface area (Å²) in [7, 11) is -3.08. The number of hydrogen-bond donors (Lipinski definition) is 0. The third kappa shape index (κ3) is 6.57. The Labute approximate surface area is 392 Å². The van der Waals surface area contributed by atoms with E-state index in [2.05, 4.69) is 239 Å². The molecule has 0 radical (unpaired) electrons. The second-order valence-electron chi connectivity index (χ2n) is 18.4. The summed E-state index contributed by atoms with van der Waals surface area (Å²) in [5, 5.41) is 4.74. The van der Waals surface area contributed by atoms with Gasteiger partial charge in [-0.05, 0) is 107 Å². The molecule has 0 unspecified atom stereocenters. The summed E-state index contributed by atoms with van der Waals surface area (Å²) in [4.78, 5) is 11.1. The molecule has 0 atom stereocenters. The average Bonchev–Trinajstić information content (AvgIpc) is 3.38. The number of para-hydroxylation sites is 3. The maximum Gasteiger partial charge on any atom is 0.196 e. The first-order chi connectivity index (χ1) is 32.9. The first-order valence-corrected chi connectivity index (χ1v) is 25.0. The van der Waals surface area contributed by atoms with Crippen molar-refractivity contribution in [2.24, 2.45) is 0 Å². The van der Waals surface area contributed by atoms with E-state index in [1.54, 1.807) is 0 Å². The quantitative estimate of drug-likeness (QED) is 0.156. The Bertz CT molecular complexity index is 3330. The molecule has 0 bridgehead atoms. The number of aromatic nitrogens is 2. The molecular weight excluding hydrogens is 833 g/mol. The van der Waals surface area contributed by atoms with Crippen molar-refractivity contribution in [2.45, 2.75) is 26.2 Å². The SMILES string of the molecule is CC(C)(C)c1ccc2c(c1-c1nccc(-c3c(-c4ccccc4)c(-c4ccccc4)cc(-c4ccccc4)c3-c3ccccc3)n1)Oc1ccccc1[Si]21c2ccccc2Oc2ccccc21. The first-order valence-electron chi connectivity index (χ1n) is 23.0. The van der Waals surface area contributed by atoms with E-state index in [0.29, 0.717) is 5.82 Å². The molecule has 0 N–H and O–H groups in total. The Kier molecular flexibility index (Phi) is 9.70. The van der Waals surface area contributed by atoms with E-state index in [1.807, 2.05) is 6.20 Å². The number of rotatable bonds is 6. The molecular formula is C62H46N2O2Si. The summed E-state index contributed by atoms with van der Waals surface area (Å²) in [6.07, 6.45) is 1.94. The third-order valence-corrected chi connectivity index (χ3v) is 18.3. The highest BCUT2D eigenvalue weighted by atomic mass is 28.3. The van der Waals surface area contributed by atoms with Crippen LogP contribution in [-0.4, -0.2) is 18.0 Å². The molecule has 0 amide bonds. The molecule has 1 aromatic heterocycles. The van der Waals surface area contributed by atoms with Crippen LogP contribution < -0.4 is 30.2 Å². The second-order valence-corrected chi connectivity index (χ2v) is 22.0. The van der Waals surface area contributed by atoms with Crippen molar-refractivity contribution in [2.75, 3.05) is 0 Å². The predicted octanol–water partition coefficient (Wildman–Crippen LogP) is 13.4. The van der Waals surface area contributed by atoms with Gasteiger partial charge in [0.2, 0.25) is 0 Å². The van der Waals surface area contributed by atoms with Crippen molar-refractivity contribution in [1.29, 1.82) is 0 Å². The van der Waals surface area contributed by atoms with Gasteiger partial charge in [-0.1, -0.05) is 209 Å². The molecule has 12 rings (SSSR count). The van der Waals surface area contributed by atoms with Crippen LogP contribution in [0.5, 0.6) is 23.0 Å². The molecule has 0 saturated heterocycles. The van der Waals surface area contributed by atoms with Crippen molar-refractivity contribution in [3.8, 4) is 90.2 Å². The largest absolute Gasteiger partial charge is 0.458 e. The summed E-state index contributed by atoms with van der Waals surface area (Å²) in [5.41, 5.74) is 12.5. The topological polar surface area (TPSA) is 44.2 Å². The highest BCUT2D eigenvalue weighted by molar-refractivity contribution is 7.21. The maximum absolute atomic E-state index is 7.36. The monoisotopic (exact) mass is 878 g/mol. The molecule has 2 aliphatic rings. The van der Waals surface area contributed by atoms with E-state index in [1.165, 1.54) is 15.6 Å². The van der Waals surface area contributed by atoms with Crippen LogP contribution >= 0.6 is 0 Å². The van der Waals surface area contributed by atoms with Crippen molar-refractivity contribution < 1.29 is 9.47 Å². The van der Waals surface area contributed by atoms with Crippen molar-refractivity contribution >= 4 is 28.8 Å². The highest BCUT2D eigenvalue weighted by Crippen LogP contribution is 2.51. The lowest BCUT2D eigenvalue weighted by atomic mass is 9.80. The fourth-order valence-corrected chi connectivity index (χ4v) is 15.7. The third-order valence-electron chi connectivity index (χ3n) is 13.4. The van der Waals surface area contributed by atoms with Gasteiger partial charge < -0.3 is 9.47 Å². The van der Waals surface area contributed by atoms with Crippen LogP contribution in [0.2, 0.25) is 0 Å². The van der Waals surface area contributed by atoms with Crippen LogP contribution in [0.3, 0.4) is 0 Å². The summed E-state index contributed by atoms with van der Waals surface area (Å²) in [6, 6.07) is 77.9. The van der Waals surface area contributed by atoms with Gasteiger partial charge in [0.1, 0.15) is 23.0 Å². The molecule has 0 saturated carbocycles. The minimum absolute atomic E-state index is 0.303. The zero-order valence-electron chi connectivity index (χ0n) is 37.6. The van der Waals surface area contributed by atoms with Crippen LogP contribution in [0.25, 0.3) is 67.2 Å². The van der Waals surface area contributed by atoms with E-state index in [-0.39, 0.29) is 5.41 Å². The number of benzene rings is 9. The van der Waals surface area contributed by atoms with Gasteiger partial charge in [0.05, 0.1) is 11.3 Å². The van der Waals surface area contributed by atoms with E-state index < -0.39 is 8.07 Å². The van der Waals surface area contributed by atoms with Crippen LogP contribution in [0.1, 0.15) is 26.3 Å². The van der Waals surface area contributed by atoms with Gasteiger partial charge in [0, 0.05) is 11.8 Å². The van der Waals surface area contributed by atoms with E-state index >= 15 is 0 Å². The lowest BCUT2D eigenvalue weighted by molar-refractivity contribution is 0.480. The van der Waals surface area contributed by atoms with Gasteiger partial charge in [-0.25, -0.2) is 9.97 Å². The predicted molar refractivity (Wildman–Crippen MR) is 277 cm³/mol. The molecule has 3 heterocycles. The fraction of sp³-hybridized carbons (Fsp3) is 0.0645. The van der Waals surface area contributed by atoms with Gasteiger partial charge in [0.15, 0.2) is 13.9 Å². The van der Waals surface area contributed by atoms with Crippen molar-refractivity contribution in [3.63, 3.8) is 0 Å². The molecule has 0 aliphatic carbocycles. The van der Waals surface area contributed by atoms with Gasteiger partial charge in [0.25, 0.3) is 0 Å². The average molecular weight is 879 g/mol. The Morgan fingerprint density at radius 2 is 0.821 bits per heavy atom. The minimum atomic E-state index is -3.08. The number of fused-ring (bicyclic) bond motifs is 8. The summed E-state index contributed by atoms with van der Waals surface area (Å²) in [6.45, 7) is 6.80. The first kappa shape index (κ1) is 40.4. The molecule has 9 aromatic carbocycles. The standard InChI is InChI=1S/C62H46N2O2Si/c1-62(2,3)47-36-37-55-60(66-51-32-18-21-35-54(51)67(55)52-33-19-16-30-49(52)65-50-31-17-20-34-53(50)67)58(47)61-63-39-38-48(64-61)59-56(43-26-12-6-13-27-43)45(41-22-8-4-9-23-41)40-46(42-24-10-5-11-25-42)57(59)44-28-14-7-15-29-44/h4-40H,1-3H3. The molecule has 320 valence electrons. The smallest absolute Gasteiger partial charge is 0.196 e. The normalized spacial score (nSPS) is 13.1. The zero-order chi connectivity index (χ0) is 45.1. The summed E-state index contributed by atoms with van der Waals surface area (Å²) < 4.78 is 14.1. The number of ether oxygens (including phenoxy) is 2. The van der Waals surface area contributed by atoms with Crippen molar-refractivity contribution in [3.05, 3.63) is 230 Å². The minimum Gasteiger partial charge on any atom is -0.458 e. The van der Waals surface area contributed by atoms with Gasteiger partial charge >= 0.3 is 0 Å². The second kappa shape index (κ2) is 16.1. The Morgan fingerprint density at radius 1 is 0.388 bits per heavy atom. The maximum atomic E-state index is 7.36. The Hall–Kier alpha value is -8.12. The summed E-state index contributed by atoms with van der Waals surface area (Å²) >= 11 is 0. The fourth-order valence-electron chi connectivity index (χ4n) is 10.6. The number of nitrogens with zero attached hydrogens (tertiary/aromatic N) is 2. The van der Waals surface area contributed by atoms with E-state index in [0.717, 1.165) is 95.1 Å². The highest BCUT2D eigenvalue weighted by Gasteiger charge is 2.54. The lowest BCUT2D eigenvalue weighted by Gasteiger charge is -2.44. The number of hydrogen-bond acceptors (Lipinski definition) is 4. The Balaban J connectivity index is 1.21. The molecule has 1 spiro atoms. The molecule has 0 fully saturated rings. The molecule has 5 heteroatoms. The zero-order valence-corrected chi connectivity index (χ0v) is 38.6.